The lowest BCUT2D eigenvalue weighted by molar-refractivity contribution is -0.114. The first kappa shape index (κ1) is 16.4. The van der Waals surface area contributed by atoms with Crippen LogP contribution in [0, 0.1) is 0 Å². The number of carbonyl (C=O) groups is 2. The standard InChI is InChI=1S/C16H18ClNO4/c1-9(19)18-14-12(17)8-11(16(21)22-2)15(20)13(14)10-6-4-3-5-7-10/h6,8,20H,3-5,7H2,1-2H3,(H,18,19). The van der Waals surface area contributed by atoms with Gasteiger partial charge in [-0.15, -0.1) is 0 Å². The summed E-state index contributed by atoms with van der Waals surface area (Å²) in [5.74, 6) is -1.19. The molecule has 6 heteroatoms. The fourth-order valence-corrected chi connectivity index (χ4v) is 2.83. The van der Waals surface area contributed by atoms with Gasteiger partial charge in [-0.1, -0.05) is 17.7 Å². The average molecular weight is 324 g/mol. The van der Waals surface area contributed by atoms with Crippen LogP contribution in [0.15, 0.2) is 12.1 Å². The normalized spacial score (nSPS) is 14.2. The molecule has 0 unspecified atom stereocenters. The van der Waals surface area contributed by atoms with Crippen molar-refractivity contribution in [1.82, 2.24) is 0 Å². The molecule has 5 nitrogen and oxygen atoms in total. The minimum Gasteiger partial charge on any atom is -0.506 e. The van der Waals surface area contributed by atoms with E-state index in [-0.39, 0.29) is 22.2 Å². The van der Waals surface area contributed by atoms with Crippen molar-refractivity contribution >= 4 is 34.7 Å². The third-order valence-corrected chi connectivity index (χ3v) is 3.87. The molecule has 118 valence electrons. The summed E-state index contributed by atoms with van der Waals surface area (Å²) >= 11 is 6.21. The molecule has 0 fully saturated rings. The molecule has 2 N–H and O–H groups in total. The van der Waals surface area contributed by atoms with Crippen LogP contribution in [0.4, 0.5) is 5.69 Å². The number of benzene rings is 1. The largest absolute Gasteiger partial charge is 0.506 e. The van der Waals surface area contributed by atoms with Crippen molar-refractivity contribution in [2.24, 2.45) is 0 Å². The van der Waals surface area contributed by atoms with E-state index in [1.54, 1.807) is 0 Å². The highest BCUT2D eigenvalue weighted by Crippen LogP contribution is 2.43. The predicted molar refractivity (Wildman–Crippen MR) is 85.2 cm³/mol. The first-order valence-electron chi connectivity index (χ1n) is 7.06. The van der Waals surface area contributed by atoms with Crippen LogP contribution in [0.3, 0.4) is 0 Å². The second-order valence-electron chi connectivity index (χ2n) is 5.15. The van der Waals surface area contributed by atoms with Gasteiger partial charge in [-0.25, -0.2) is 4.79 Å². The Morgan fingerprint density at radius 3 is 2.64 bits per heavy atom. The number of methoxy groups -OCH3 is 1. The maximum absolute atomic E-state index is 11.8. The van der Waals surface area contributed by atoms with Gasteiger partial charge in [0.2, 0.25) is 5.91 Å². The van der Waals surface area contributed by atoms with Crippen molar-refractivity contribution in [2.45, 2.75) is 32.6 Å². The molecule has 0 bridgehead atoms. The summed E-state index contributed by atoms with van der Waals surface area (Å²) in [6.45, 7) is 1.36. The fraction of sp³-hybridized carbons (Fsp3) is 0.375. The maximum Gasteiger partial charge on any atom is 0.341 e. The van der Waals surface area contributed by atoms with Gasteiger partial charge in [0.1, 0.15) is 11.3 Å². The number of halogens is 1. The van der Waals surface area contributed by atoms with Gasteiger partial charge in [0, 0.05) is 12.5 Å². The first-order chi connectivity index (χ1) is 10.5. The van der Waals surface area contributed by atoms with Crippen molar-refractivity contribution in [2.75, 3.05) is 12.4 Å². The molecule has 0 heterocycles. The van der Waals surface area contributed by atoms with E-state index in [2.05, 4.69) is 10.1 Å². The highest BCUT2D eigenvalue weighted by molar-refractivity contribution is 6.35. The number of hydrogen-bond acceptors (Lipinski definition) is 4. The van der Waals surface area contributed by atoms with Crippen LogP contribution >= 0.6 is 11.6 Å². The first-order valence-corrected chi connectivity index (χ1v) is 7.44. The Balaban J connectivity index is 2.68. The molecule has 22 heavy (non-hydrogen) atoms. The number of aromatic hydroxyl groups is 1. The van der Waals surface area contributed by atoms with Gasteiger partial charge in [-0.05, 0) is 37.3 Å². The molecule has 2 rings (SSSR count). The van der Waals surface area contributed by atoms with Gasteiger partial charge in [0.25, 0.3) is 0 Å². The minimum atomic E-state index is -0.675. The third kappa shape index (κ3) is 3.25. The molecule has 1 aromatic rings. The van der Waals surface area contributed by atoms with Gasteiger partial charge >= 0.3 is 5.97 Å². The van der Waals surface area contributed by atoms with Crippen LogP contribution in [0.1, 0.15) is 48.5 Å². The third-order valence-electron chi connectivity index (χ3n) is 3.57. The molecule has 0 saturated carbocycles. The van der Waals surface area contributed by atoms with Crippen molar-refractivity contribution in [3.05, 3.63) is 28.3 Å². The zero-order chi connectivity index (χ0) is 16.3. The lowest BCUT2D eigenvalue weighted by atomic mass is 9.90. The van der Waals surface area contributed by atoms with E-state index in [9.17, 15) is 14.7 Å². The van der Waals surface area contributed by atoms with Gasteiger partial charge in [0.15, 0.2) is 0 Å². The summed E-state index contributed by atoms with van der Waals surface area (Å²) in [5, 5.41) is 13.3. The Kier molecular flexibility index (Phi) is 5.08. The zero-order valence-electron chi connectivity index (χ0n) is 12.5. The van der Waals surface area contributed by atoms with Crippen molar-refractivity contribution in [3.8, 4) is 5.75 Å². The summed E-state index contributed by atoms with van der Waals surface area (Å²) in [6, 6.07) is 1.31. The second kappa shape index (κ2) is 6.83. The van der Waals surface area contributed by atoms with Crippen LogP contribution in [-0.2, 0) is 9.53 Å². The van der Waals surface area contributed by atoms with Gasteiger partial charge < -0.3 is 15.2 Å². The summed E-state index contributed by atoms with van der Waals surface area (Å²) in [6.07, 6.45) is 5.69. The highest BCUT2D eigenvalue weighted by atomic mass is 35.5. The number of phenols is 1. The van der Waals surface area contributed by atoms with E-state index in [4.69, 9.17) is 11.6 Å². The summed E-state index contributed by atoms with van der Waals surface area (Å²) < 4.78 is 4.67. The Hall–Kier alpha value is -2.01. The summed E-state index contributed by atoms with van der Waals surface area (Å²) in [5.41, 5.74) is 1.60. The Morgan fingerprint density at radius 2 is 2.09 bits per heavy atom. The quantitative estimate of drug-likeness (QED) is 0.831. The number of esters is 1. The summed E-state index contributed by atoms with van der Waals surface area (Å²) in [4.78, 5) is 23.2. The second-order valence-corrected chi connectivity index (χ2v) is 5.56. The molecule has 0 aliphatic heterocycles. The number of carbonyl (C=O) groups excluding carboxylic acids is 2. The van der Waals surface area contributed by atoms with Crippen LogP contribution in [0.5, 0.6) is 5.75 Å². The van der Waals surface area contributed by atoms with Gasteiger partial charge in [-0.2, -0.15) is 0 Å². The number of amides is 1. The molecular weight excluding hydrogens is 306 g/mol. The number of hydrogen-bond donors (Lipinski definition) is 2. The molecule has 1 amide bonds. The van der Waals surface area contributed by atoms with E-state index < -0.39 is 5.97 Å². The Morgan fingerprint density at radius 1 is 1.36 bits per heavy atom. The number of nitrogens with one attached hydrogen (secondary N) is 1. The molecular formula is C16H18ClNO4. The number of rotatable bonds is 3. The van der Waals surface area contributed by atoms with Crippen LogP contribution in [0.2, 0.25) is 5.02 Å². The van der Waals surface area contributed by atoms with Gasteiger partial charge in [0.05, 0.1) is 17.8 Å². The highest BCUT2D eigenvalue weighted by Gasteiger charge is 2.25. The minimum absolute atomic E-state index is 0.0110. The summed E-state index contributed by atoms with van der Waals surface area (Å²) in [7, 11) is 1.23. The predicted octanol–water partition coefficient (Wildman–Crippen LogP) is 3.75. The van der Waals surface area contributed by atoms with E-state index in [1.807, 2.05) is 6.08 Å². The smallest absolute Gasteiger partial charge is 0.341 e. The van der Waals surface area contributed by atoms with E-state index in [0.29, 0.717) is 11.3 Å². The SMILES string of the molecule is COC(=O)c1cc(Cl)c(NC(C)=O)c(C2=CCCCC2)c1O. The van der Waals surface area contributed by atoms with Crippen molar-refractivity contribution in [3.63, 3.8) is 0 Å². The van der Waals surface area contributed by atoms with E-state index >= 15 is 0 Å². The number of phenolic OH excluding ortho intramolecular Hbond substituents is 1. The molecule has 0 aromatic heterocycles. The monoisotopic (exact) mass is 323 g/mol. The molecule has 1 aliphatic carbocycles. The number of anilines is 1. The molecule has 0 radical (unpaired) electrons. The molecule has 0 atom stereocenters. The van der Waals surface area contributed by atoms with Crippen LogP contribution in [-0.4, -0.2) is 24.1 Å². The number of ether oxygens (including phenoxy) is 1. The van der Waals surface area contributed by atoms with E-state index in [1.165, 1.54) is 20.1 Å². The lowest BCUT2D eigenvalue weighted by Crippen LogP contribution is -2.12. The van der Waals surface area contributed by atoms with Crippen molar-refractivity contribution < 1.29 is 19.4 Å². The molecule has 1 aromatic carbocycles. The number of allylic oxidation sites excluding steroid dienone is 2. The topological polar surface area (TPSA) is 75.6 Å². The van der Waals surface area contributed by atoms with Gasteiger partial charge in [-0.3, -0.25) is 4.79 Å². The Bertz CT molecular complexity index is 652. The molecule has 1 aliphatic rings. The lowest BCUT2D eigenvalue weighted by Gasteiger charge is -2.20. The van der Waals surface area contributed by atoms with Crippen LogP contribution in [0.25, 0.3) is 5.57 Å². The fourth-order valence-electron chi connectivity index (χ4n) is 2.58. The maximum atomic E-state index is 11.8. The molecule has 0 saturated heterocycles. The van der Waals surface area contributed by atoms with E-state index in [0.717, 1.165) is 31.3 Å². The van der Waals surface area contributed by atoms with Crippen LogP contribution < -0.4 is 5.32 Å². The van der Waals surface area contributed by atoms with Crippen molar-refractivity contribution in [1.29, 1.82) is 0 Å². The zero-order valence-corrected chi connectivity index (χ0v) is 13.3. The molecule has 0 spiro atoms. The average Bonchev–Trinajstić information content (AvgIpc) is 2.50. The Labute approximate surface area is 133 Å².